The van der Waals surface area contributed by atoms with Crippen molar-refractivity contribution in [1.82, 2.24) is 5.32 Å². The number of carbonyl (C=O) groups is 1. The molecule has 0 aromatic heterocycles. The maximum Gasteiger partial charge on any atom is 0.309 e. The van der Waals surface area contributed by atoms with Crippen molar-refractivity contribution in [2.45, 2.75) is 84.4 Å². The first-order valence-electron chi connectivity index (χ1n) is 7.80. The summed E-state index contributed by atoms with van der Waals surface area (Å²) in [4.78, 5) is 16.6. The summed E-state index contributed by atoms with van der Waals surface area (Å²) in [6, 6.07) is 0.207. The summed E-state index contributed by atoms with van der Waals surface area (Å²) in [5, 5.41) is 3.17. The number of nitrogens with two attached hydrogens (primary N) is 1. The van der Waals surface area contributed by atoms with Crippen LogP contribution in [0.2, 0.25) is 0 Å². The van der Waals surface area contributed by atoms with Gasteiger partial charge in [-0.05, 0) is 67.2 Å². The van der Waals surface area contributed by atoms with Crippen molar-refractivity contribution in [3.8, 4) is 0 Å². The van der Waals surface area contributed by atoms with Crippen LogP contribution in [0.25, 0.3) is 0 Å². The lowest BCUT2D eigenvalue weighted by Crippen LogP contribution is -2.45. The molecule has 0 spiro atoms. The molecule has 0 atom stereocenters. The minimum atomic E-state index is -0.410. The van der Waals surface area contributed by atoms with Crippen LogP contribution in [0, 0.1) is 5.92 Å². The minimum absolute atomic E-state index is 0.00692. The van der Waals surface area contributed by atoms with E-state index in [2.05, 4.69) is 31.1 Å². The van der Waals surface area contributed by atoms with E-state index in [0.717, 1.165) is 25.7 Å². The van der Waals surface area contributed by atoms with E-state index in [1.54, 1.807) is 0 Å². The van der Waals surface area contributed by atoms with E-state index in [0.29, 0.717) is 5.96 Å². The molecular weight excluding hydrogens is 266 g/mol. The van der Waals surface area contributed by atoms with Crippen LogP contribution in [0.4, 0.5) is 0 Å². The zero-order valence-electron chi connectivity index (χ0n) is 14.3. The number of carbonyl (C=O) groups excluding carboxylic acids is 1. The molecule has 1 saturated carbocycles. The number of rotatable bonds is 2. The molecule has 1 rings (SSSR count). The lowest BCUT2D eigenvalue weighted by molar-refractivity contribution is -0.161. The molecule has 1 aliphatic rings. The summed E-state index contributed by atoms with van der Waals surface area (Å²) in [7, 11) is 0. The fourth-order valence-electron chi connectivity index (χ4n) is 2.44. The maximum absolute atomic E-state index is 12.0. The third-order valence-corrected chi connectivity index (χ3v) is 3.26. The molecule has 0 radical (unpaired) electrons. The number of ether oxygens (including phenoxy) is 1. The number of aliphatic imine (C=N–C) groups is 1. The maximum atomic E-state index is 12.0. The lowest BCUT2D eigenvalue weighted by atomic mass is 9.86. The Kier molecular flexibility index (Phi) is 5.65. The molecule has 0 heterocycles. The van der Waals surface area contributed by atoms with Crippen LogP contribution in [0.5, 0.6) is 0 Å². The van der Waals surface area contributed by atoms with E-state index >= 15 is 0 Å². The molecule has 0 aliphatic heterocycles. The molecule has 0 unspecified atom stereocenters. The Morgan fingerprint density at radius 3 is 2.05 bits per heavy atom. The van der Waals surface area contributed by atoms with Crippen molar-refractivity contribution in [3.05, 3.63) is 0 Å². The first-order valence-corrected chi connectivity index (χ1v) is 7.80. The second kappa shape index (κ2) is 6.67. The van der Waals surface area contributed by atoms with Gasteiger partial charge < -0.3 is 15.8 Å². The van der Waals surface area contributed by atoms with Crippen molar-refractivity contribution in [2.75, 3.05) is 0 Å². The lowest BCUT2D eigenvalue weighted by Gasteiger charge is -2.29. The fraction of sp³-hybridized carbons (Fsp3) is 0.875. The third-order valence-electron chi connectivity index (χ3n) is 3.26. The van der Waals surface area contributed by atoms with Crippen LogP contribution < -0.4 is 11.1 Å². The topological polar surface area (TPSA) is 76.7 Å². The molecule has 0 aromatic carbocycles. The number of hydrogen-bond donors (Lipinski definition) is 2. The van der Waals surface area contributed by atoms with Gasteiger partial charge in [0.1, 0.15) is 5.60 Å². The summed E-state index contributed by atoms with van der Waals surface area (Å²) < 4.78 is 5.45. The highest BCUT2D eigenvalue weighted by atomic mass is 16.6. The van der Waals surface area contributed by atoms with Crippen LogP contribution >= 0.6 is 0 Å². The van der Waals surface area contributed by atoms with Gasteiger partial charge in [0, 0.05) is 5.54 Å². The largest absolute Gasteiger partial charge is 0.460 e. The van der Waals surface area contributed by atoms with Gasteiger partial charge in [-0.3, -0.25) is 9.79 Å². The monoisotopic (exact) mass is 297 g/mol. The molecule has 0 amide bonds. The van der Waals surface area contributed by atoms with Gasteiger partial charge in [-0.2, -0.15) is 0 Å². The van der Waals surface area contributed by atoms with Gasteiger partial charge in [0.2, 0.25) is 0 Å². The number of hydrogen-bond acceptors (Lipinski definition) is 3. The molecule has 5 nitrogen and oxygen atoms in total. The zero-order chi connectivity index (χ0) is 16.3. The predicted molar refractivity (Wildman–Crippen MR) is 86.1 cm³/mol. The highest BCUT2D eigenvalue weighted by Gasteiger charge is 2.30. The number of nitrogens with one attached hydrogen (secondary N) is 1. The van der Waals surface area contributed by atoms with Gasteiger partial charge in [0.25, 0.3) is 0 Å². The van der Waals surface area contributed by atoms with Gasteiger partial charge in [-0.25, -0.2) is 0 Å². The minimum Gasteiger partial charge on any atom is -0.460 e. The van der Waals surface area contributed by atoms with Crippen molar-refractivity contribution in [3.63, 3.8) is 0 Å². The van der Waals surface area contributed by atoms with E-state index in [4.69, 9.17) is 10.5 Å². The van der Waals surface area contributed by atoms with Gasteiger partial charge in [0.05, 0.1) is 12.0 Å². The molecular formula is C16H31N3O2. The van der Waals surface area contributed by atoms with Crippen LogP contribution in [-0.4, -0.2) is 29.1 Å². The Balaban J connectivity index is 2.45. The third kappa shape index (κ3) is 7.34. The number of guanidine groups is 1. The van der Waals surface area contributed by atoms with E-state index in [-0.39, 0.29) is 23.5 Å². The SMILES string of the molecule is CC(C)(C)NC(N)=NC1CCC(C(=O)OC(C)(C)C)CC1. The standard InChI is InChI=1S/C16H31N3O2/c1-15(2,3)19-14(17)18-12-9-7-11(8-10-12)13(20)21-16(4,5)6/h11-12H,7-10H2,1-6H3,(H3,17,18,19). The van der Waals surface area contributed by atoms with Gasteiger partial charge in [-0.15, -0.1) is 0 Å². The van der Waals surface area contributed by atoms with E-state index in [1.165, 1.54) is 0 Å². The smallest absolute Gasteiger partial charge is 0.309 e. The zero-order valence-corrected chi connectivity index (χ0v) is 14.3. The molecule has 122 valence electrons. The van der Waals surface area contributed by atoms with Gasteiger partial charge in [0.15, 0.2) is 5.96 Å². The molecule has 21 heavy (non-hydrogen) atoms. The summed E-state index contributed by atoms with van der Waals surface area (Å²) in [5.41, 5.74) is 5.42. The second-order valence-electron chi connectivity index (χ2n) is 7.93. The van der Waals surface area contributed by atoms with Gasteiger partial charge in [-0.1, -0.05) is 0 Å². The first-order chi connectivity index (χ1) is 9.46. The molecule has 1 aliphatic carbocycles. The Bertz CT molecular complexity index is 383. The van der Waals surface area contributed by atoms with Gasteiger partial charge >= 0.3 is 5.97 Å². The molecule has 3 N–H and O–H groups in total. The molecule has 1 fully saturated rings. The van der Waals surface area contributed by atoms with Crippen molar-refractivity contribution >= 4 is 11.9 Å². The van der Waals surface area contributed by atoms with Crippen LogP contribution in [0.15, 0.2) is 4.99 Å². The van der Waals surface area contributed by atoms with E-state index < -0.39 is 5.60 Å². The molecule has 0 saturated heterocycles. The van der Waals surface area contributed by atoms with Crippen LogP contribution in [0.1, 0.15) is 67.2 Å². The van der Waals surface area contributed by atoms with E-state index in [9.17, 15) is 4.79 Å². The molecule has 0 bridgehead atoms. The van der Waals surface area contributed by atoms with E-state index in [1.807, 2.05) is 20.8 Å². The Morgan fingerprint density at radius 1 is 1.10 bits per heavy atom. The van der Waals surface area contributed by atoms with Crippen LogP contribution in [-0.2, 0) is 9.53 Å². The highest BCUT2D eigenvalue weighted by Crippen LogP contribution is 2.28. The van der Waals surface area contributed by atoms with Crippen molar-refractivity contribution in [2.24, 2.45) is 16.6 Å². The fourth-order valence-corrected chi connectivity index (χ4v) is 2.44. The average Bonchev–Trinajstić information content (AvgIpc) is 2.24. The van der Waals surface area contributed by atoms with Crippen molar-refractivity contribution in [1.29, 1.82) is 0 Å². The summed E-state index contributed by atoms with van der Waals surface area (Å²) in [5.74, 6) is 0.418. The van der Waals surface area contributed by atoms with Crippen LogP contribution in [0.3, 0.4) is 0 Å². The average molecular weight is 297 g/mol. The molecule has 5 heteroatoms. The quantitative estimate of drug-likeness (QED) is 0.466. The number of esters is 1. The normalized spacial score (nSPS) is 24.6. The Morgan fingerprint density at radius 2 is 1.62 bits per heavy atom. The predicted octanol–water partition coefficient (Wildman–Crippen LogP) is 2.59. The Labute approximate surface area is 128 Å². The summed E-state index contributed by atoms with van der Waals surface area (Å²) in [6.45, 7) is 11.9. The summed E-state index contributed by atoms with van der Waals surface area (Å²) in [6.07, 6.45) is 3.42. The highest BCUT2D eigenvalue weighted by molar-refractivity contribution is 5.78. The van der Waals surface area contributed by atoms with Crippen molar-refractivity contribution < 1.29 is 9.53 Å². The Hall–Kier alpha value is -1.26. The summed E-state index contributed by atoms with van der Waals surface area (Å²) >= 11 is 0. The molecule has 0 aromatic rings. The number of nitrogens with zero attached hydrogens (tertiary/aromatic N) is 1. The second-order valence-corrected chi connectivity index (χ2v) is 7.93. The first kappa shape index (κ1) is 17.8.